The first-order chi connectivity index (χ1) is 34.4. The van der Waals surface area contributed by atoms with Crippen molar-refractivity contribution >= 4 is 13.2 Å². The molecule has 1 saturated heterocycles. The molecule has 10 nitrogen and oxygen atoms in total. The number of aryl methyl sites for hydroxylation is 1. The molecule has 3 aliphatic carbocycles. The number of halogens is 9. The minimum Gasteiger partial charge on any atom is -0.494 e. The Balaban J connectivity index is 0.905. The molecule has 20 heteroatoms. The lowest BCUT2D eigenvalue weighted by atomic mass is 9.55. The minimum absolute atomic E-state index is 0.0665. The summed E-state index contributed by atoms with van der Waals surface area (Å²) in [5, 5.41) is 12.2. The van der Waals surface area contributed by atoms with E-state index >= 15 is 0 Å². The molecule has 1 aromatic rings. The smallest absolute Gasteiger partial charge is 0.435 e. The van der Waals surface area contributed by atoms with Crippen molar-refractivity contribution in [2.24, 2.45) is 17.3 Å². The molecule has 0 bridgehead atoms. The van der Waals surface area contributed by atoms with Gasteiger partial charge in [0.25, 0.3) is 0 Å². The summed E-state index contributed by atoms with van der Waals surface area (Å²) in [5.74, 6) is 1.99. The second-order valence-electron chi connectivity index (χ2n) is 21.8. The summed E-state index contributed by atoms with van der Waals surface area (Å²) in [6.45, 7) is 17.0. The molecule has 0 aromatic heterocycles. The number of nitrogens with zero attached hydrogens (tertiary/aromatic N) is 4. The zero-order valence-corrected chi connectivity index (χ0v) is 44.8. The highest BCUT2D eigenvalue weighted by Crippen LogP contribution is 2.62. The van der Waals surface area contributed by atoms with Crippen molar-refractivity contribution in [1.82, 2.24) is 19.8 Å². The van der Waals surface area contributed by atoms with Gasteiger partial charge in [0, 0.05) is 83.1 Å². The summed E-state index contributed by atoms with van der Waals surface area (Å²) in [4.78, 5) is 17.4. The molecule has 0 spiro atoms. The van der Waals surface area contributed by atoms with Crippen LogP contribution < -0.4 is 10.1 Å². The Kier molecular flexibility index (Phi) is 22.7. The second kappa shape index (κ2) is 27.1. The Morgan fingerprint density at radius 1 is 0.795 bits per heavy atom. The predicted molar refractivity (Wildman–Crippen MR) is 265 cm³/mol. The van der Waals surface area contributed by atoms with E-state index in [4.69, 9.17) is 14.7 Å². The fraction of sp³-hybridized carbons (Fsp3) is 0.849. The van der Waals surface area contributed by atoms with Gasteiger partial charge in [0.2, 0.25) is 5.91 Å². The summed E-state index contributed by atoms with van der Waals surface area (Å²) in [6.07, 6.45) is -7.20. The summed E-state index contributed by atoms with van der Waals surface area (Å²) in [6, 6.07) is 8.61. The molecular weight excluding hydrogens is 989 g/mol. The molecule has 73 heavy (non-hydrogen) atoms. The van der Waals surface area contributed by atoms with Crippen LogP contribution in [0.5, 0.6) is 5.75 Å². The van der Waals surface area contributed by atoms with Gasteiger partial charge in [-0.25, -0.2) is 0 Å². The first kappa shape index (κ1) is 61.2. The van der Waals surface area contributed by atoms with E-state index in [1.807, 2.05) is 33.8 Å². The molecule has 4 aliphatic rings. The van der Waals surface area contributed by atoms with Crippen molar-refractivity contribution in [2.75, 3.05) is 78.7 Å². The number of ether oxygens (including phenoxy) is 3. The third-order valence-corrected chi connectivity index (χ3v) is 20.8. The van der Waals surface area contributed by atoms with Gasteiger partial charge < -0.3 is 33.9 Å². The minimum atomic E-state index is -6.75. The van der Waals surface area contributed by atoms with Crippen LogP contribution in [-0.2, 0) is 25.3 Å². The lowest BCUT2D eigenvalue weighted by Gasteiger charge is -2.50. The number of carbonyl (C=O) groups is 1. The van der Waals surface area contributed by atoms with Gasteiger partial charge in [0.1, 0.15) is 5.75 Å². The molecule has 0 radical (unpaired) electrons. The number of nitriles is 1. The molecule has 5 atom stereocenters. The van der Waals surface area contributed by atoms with E-state index < -0.39 is 44.5 Å². The van der Waals surface area contributed by atoms with E-state index in [1.54, 1.807) is 0 Å². The Labute approximate surface area is 428 Å². The van der Waals surface area contributed by atoms with Gasteiger partial charge >= 0.3 is 24.1 Å². The summed E-state index contributed by atoms with van der Waals surface area (Å²) >= 11 is 0. The van der Waals surface area contributed by atoms with Crippen LogP contribution in [0.4, 0.5) is 39.5 Å². The van der Waals surface area contributed by atoms with Crippen molar-refractivity contribution in [1.29, 1.82) is 5.26 Å². The number of rotatable bonds is 29. The van der Waals surface area contributed by atoms with Gasteiger partial charge in [-0.05, 0) is 124 Å². The van der Waals surface area contributed by atoms with Gasteiger partial charge in [0.05, 0.1) is 25.4 Å². The van der Waals surface area contributed by atoms with Gasteiger partial charge in [-0.15, -0.1) is 0 Å². The number of alkyl halides is 9. The quantitative estimate of drug-likeness (QED) is 0.0477. The predicted octanol–water partition coefficient (Wildman–Crippen LogP) is 12.7. The number of fused-ring (bicyclic) bond motifs is 5. The fourth-order valence-corrected chi connectivity index (χ4v) is 16.0. The Morgan fingerprint density at radius 2 is 1.41 bits per heavy atom. The highest BCUT2D eigenvalue weighted by Gasteiger charge is 2.85. The number of hydrogen-bond acceptors (Lipinski definition) is 8. The SMILES string of the molecule is CC(C)P(=O)(C(C)C)N(CCC#N)CCCCCCCCC(=O)NCCCN1CCN(CCCOc2ccc3c(c2)CC[C@@H]2[C@@H]3CC[C@]3(C)[C@@H](OCCCOC(C(F)(F)F)(C(F)(F)F)C(F)(F)F)CC[C@@H]23)CC1. The fourth-order valence-electron chi connectivity index (χ4n) is 12.6. The zero-order valence-electron chi connectivity index (χ0n) is 43.9. The molecule has 1 aliphatic heterocycles. The van der Waals surface area contributed by atoms with E-state index in [0.717, 1.165) is 135 Å². The van der Waals surface area contributed by atoms with Crippen molar-refractivity contribution in [3.8, 4) is 11.8 Å². The number of benzene rings is 1. The van der Waals surface area contributed by atoms with E-state index in [9.17, 15) is 48.9 Å². The molecule has 1 heterocycles. The van der Waals surface area contributed by atoms with Crippen molar-refractivity contribution in [3.63, 3.8) is 0 Å². The van der Waals surface area contributed by atoms with Crippen LogP contribution >= 0.6 is 7.29 Å². The van der Waals surface area contributed by atoms with Crippen LogP contribution in [0, 0.1) is 28.6 Å². The lowest BCUT2D eigenvalue weighted by Crippen LogP contribution is -2.67. The first-order valence-corrected chi connectivity index (χ1v) is 28.8. The first-order valence-electron chi connectivity index (χ1n) is 27.0. The Morgan fingerprint density at radius 3 is 2.03 bits per heavy atom. The second-order valence-corrected chi connectivity index (χ2v) is 25.8. The topological polar surface area (TPSA) is 107 Å². The zero-order chi connectivity index (χ0) is 53.7. The molecule has 1 amide bonds. The van der Waals surface area contributed by atoms with Crippen LogP contribution in [0.2, 0.25) is 0 Å². The number of piperazine rings is 1. The number of nitrogens with one attached hydrogen (secondary N) is 1. The molecular formula is C53H83F9N5O5P. The van der Waals surface area contributed by atoms with Crippen molar-refractivity contribution < 1.29 is 63.1 Å². The van der Waals surface area contributed by atoms with Gasteiger partial charge in [0.15, 0.2) is 7.29 Å². The maximum atomic E-state index is 13.8. The maximum absolute atomic E-state index is 13.8. The van der Waals surface area contributed by atoms with Crippen LogP contribution in [0.1, 0.15) is 154 Å². The van der Waals surface area contributed by atoms with E-state index in [-0.39, 0.29) is 35.4 Å². The average Bonchev–Trinajstić information content (AvgIpc) is 3.66. The van der Waals surface area contributed by atoms with Gasteiger partial charge in [-0.2, -0.15) is 44.8 Å². The normalized spacial score (nSPS) is 23.4. The molecule has 1 N–H and O–H groups in total. The monoisotopic (exact) mass is 1070 g/mol. The lowest BCUT2D eigenvalue weighted by molar-refractivity contribution is -0.457. The third kappa shape index (κ3) is 15.3. The van der Waals surface area contributed by atoms with Crippen LogP contribution in [0.3, 0.4) is 0 Å². The number of carbonyl (C=O) groups excluding carboxylic acids is 1. The largest absolute Gasteiger partial charge is 0.494 e. The molecule has 0 unspecified atom stereocenters. The highest BCUT2D eigenvalue weighted by molar-refractivity contribution is 7.62. The van der Waals surface area contributed by atoms with E-state index in [1.165, 1.54) is 11.1 Å². The van der Waals surface area contributed by atoms with Crippen LogP contribution in [0.25, 0.3) is 0 Å². The summed E-state index contributed by atoms with van der Waals surface area (Å²) in [5.41, 5.74) is -3.80. The molecule has 418 valence electrons. The molecule has 2 saturated carbocycles. The van der Waals surface area contributed by atoms with Crippen LogP contribution in [0.15, 0.2) is 18.2 Å². The van der Waals surface area contributed by atoms with Gasteiger partial charge in [-0.3, -0.25) is 9.46 Å². The molecule has 3 fully saturated rings. The van der Waals surface area contributed by atoms with E-state index in [2.05, 4.69) is 49.6 Å². The Hall–Kier alpha value is -2.62. The van der Waals surface area contributed by atoms with Crippen molar-refractivity contribution in [3.05, 3.63) is 29.3 Å². The van der Waals surface area contributed by atoms with Crippen LogP contribution in [-0.4, -0.2) is 141 Å². The standard InChI is InChI=1S/C53H83F9N5O5P/c1-39(2)73(69,40(3)4)67(30-12-25-63)29-11-9-7-6-8-10-16-48(68)64-26-13-27-65-31-33-66(34-32-65)28-14-35-70-42-18-20-43-41(38-42)17-19-45-44(43)23-24-49(5)46(45)21-22-47(49)71-36-15-37-72-50(51(54,55)56,52(57,58)59)53(60,61)62/h18,20,38-40,44-47H,6-17,19,21-24,26-37H2,1-5H3,(H,64,68)/t44-,45-,46+,47+,49+/m1/s1. The number of amides is 1. The van der Waals surface area contributed by atoms with Crippen molar-refractivity contribution in [2.45, 2.75) is 191 Å². The average molecular weight is 1070 g/mol. The maximum Gasteiger partial charge on any atom is 0.435 e. The Bertz CT molecular complexity index is 1910. The molecule has 5 rings (SSSR count). The number of hydrogen-bond donors (Lipinski definition) is 1. The third-order valence-electron chi connectivity index (χ3n) is 16.5. The summed E-state index contributed by atoms with van der Waals surface area (Å²) < 4.78 is 151. The van der Waals surface area contributed by atoms with E-state index in [0.29, 0.717) is 56.7 Å². The number of unbranched alkanes of at least 4 members (excludes halogenated alkanes) is 5. The van der Waals surface area contributed by atoms with Gasteiger partial charge in [-0.1, -0.05) is 66.4 Å². The summed E-state index contributed by atoms with van der Waals surface area (Å²) in [7, 11) is -2.54. The molecule has 1 aromatic carbocycles. The highest BCUT2D eigenvalue weighted by atomic mass is 31.2.